The lowest BCUT2D eigenvalue weighted by atomic mass is 10.2. The second-order valence-corrected chi connectivity index (χ2v) is 4.61. The molecular formula is C13H16F2N2O3. The second-order valence-electron chi connectivity index (χ2n) is 4.61. The van der Waals surface area contributed by atoms with Crippen molar-refractivity contribution in [2.45, 2.75) is 6.92 Å². The van der Waals surface area contributed by atoms with Crippen LogP contribution in [0, 0.1) is 17.6 Å². The Morgan fingerprint density at radius 3 is 2.65 bits per heavy atom. The third kappa shape index (κ3) is 4.93. The van der Waals surface area contributed by atoms with Crippen molar-refractivity contribution in [3.63, 3.8) is 0 Å². The van der Waals surface area contributed by atoms with Gasteiger partial charge < -0.3 is 10.4 Å². The molecular weight excluding hydrogens is 270 g/mol. The fourth-order valence-corrected chi connectivity index (χ4v) is 1.64. The lowest BCUT2D eigenvalue weighted by Gasteiger charge is -2.18. The Morgan fingerprint density at radius 2 is 2.05 bits per heavy atom. The second kappa shape index (κ2) is 6.95. The van der Waals surface area contributed by atoms with Crippen molar-refractivity contribution in [2.24, 2.45) is 5.92 Å². The fraction of sp³-hybridized carbons (Fsp3) is 0.385. The molecule has 20 heavy (non-hydrogen) atoms. The Bertz CT molecular complexity index is 508. The number of carbonyl (C=O) groups excluding carboxylic acids is 1. The third-order valence-electron chi connectivity index (χ3n) is 2.62. The van der Waals surface area contributed by atoms with Crippen molar-refractivity contribution >= 4 is 17.6 Å². The molecule has 0 heterocycles. The molecule has 5 nitrogen and oxygen atoms in total. The average Bonchev–Trinajstić information content (AvgIpc) is 2.33. The number of benzene rings is 1. The number of aliphatic carboxylic acids is 1. The van der Waals surface area contributed by atoms with Crippen LogP contribution < -0.4 is 5.32 Å². The summed E-state index contributed by atoms with van der Waals surface area (Å²) in [7, 11) is 1.57. The first-order valence-electron chi connectivity index (χ1n) is 5.96. The van der Waals surface area contributed by atoms with Gasteiger partial charge >= 0.3 is 5.97 Å². The Kier molecular flexibility index (Phi) is 5.57. The molecule has 0 saturated heterocycles. The van der Waals surface area contributed by atoms with Gasteiger partial charge in [-0.25, -0.2) is 8.78 Å². The van der Waals surface area contributed by atoms with Gasteiger partial charge in [0.05, 0.1) is 18.2 Å². The number of nitrogens with one attached hydrogen (secondary N) is 1. The van der Waals surface area contributed by atoms with Crippen molar-refractivity contribution < 1.29 is 23.5 Å². The van der Waals surface area contributed by atoms with E-state index in [4.69, 9.17) is 5.11 Å². The zero-order valence-electron chi connectivity index (χ0n) is 11.2. The normalized spacial score (nSPS) is 12.2. The van der Waals surface area contributed by atoms with Crippen LogP contribution in [0.1, 0.15) is 6.92 Å². The highest BCUT2D eigenvalue weighted by Crippen LogP contribution is 2.15. The summed E-state index contributed by atoms with van der Waals surface area (Å²) in [4.78, 5) is 23.8. The number of carboxylic acid groups (broad SMARTS) is 1. The van der Waals surface area contributed by atoms with Gasteiger partial charge in [0.25, 0.3) is 0 Å². The maximum atomic E-state index is 13.3. The van der Waals surface area contributed by atoms with Crippen LogP contribution in [0.15, 0.2) is 18.2 Å². The van der Waals surface area contributed by atoms with Crippen molar-refractivity contribution in [2.75, 3.05) is 25.5 Å². The van der Waals surface area contributed by atoms with Crippen molar-refractivity contribution in [1.82, 2.24) is 4.90 Å². The lowest BCUT2D eigenvalue weighted by Crippen LogP contribution is -2.35. The van der Waals surface area contributed by atoms with Crippen LogP contribution in [0.2, 0.25) is 0 Å². The minimum atomic E-state index is -0.964. The first-order valence-corrected chi connectivity index (χ1v) is 5.96. The molecule has 0 aliphatic rings. The number of likely N-dealkylation sites (N-methyl/N-ethyl adjacent to an activating group) is 1. The summed E-state index contributed by atoms with van der Waals surface area (Å²) in [5.74, 6) is -3.53. The average molecular weight is 286 g/mol. The number of halogens is 2. The molecule has 0 radical (unpaired) electrons. The van der Waals surface area contributed by atoms with E-state index in [1.54, 1.807) is 7.05 Å². The first-order chi connectivity index (χ1) is 9.29. The maximum Gasteiger partial charge on any atom is 0.307 e. The van der Waals surface area contributed by atoms with Gasteiger partial charge in [-0.15, -0.1) is 0 Å². The van der Waals surface area contributed by atoms with Crippen LogP contribution in [-0.2, 0) is 9.59 Å². The summed E-state index contributed by atoms with van der Waals surface area (Å²) in [5.41, 5.74) is -0.241. The lowest BCUT2D eigenvalue weighted by molar-refractivity contribution is -0.141. The summed E-state index contributed by atoms with van der Waals surface area (Å²) < 4.78 is 26.2. The Labute approximate surface area is 115 Å². The summed E-state index contributed by atoms with van der Waals surface area (Å²) in [6.07, 6.45) is 0. The van der Waals surface area contributed by atoms with Gasteiger partial charge in [0.15, 0.2) is 0 Å². The third-order valence-corrected chi connectivity index (χ3v) is 2.62. The van der Waals surface area contributed by atoms with Gasteiger partial charge in [0.1, 0.15) is 11.6 Å². The number of nitrogens with zero attached hydrogens (tertiary/aromatic N) is 1. The molecule has 1 rings (SSSR count). The SMILES string of the molecule is CC(CN(C)CC(=O)Nc1cc(F)ccc1F)C(=O)O. The van der Waals surface area contributed by atoms with Gasteiger partial charge in [-0.1, -0.05) is 6.92 Å². The zero-order valence-corrected chi connectivity index (χ0v) is 11.2. The molecule has 1 aromatic rings. The molecule has 0 aliphatic carbocycles. The minimum Gasteiger partial charge on any atom is -0.481 e. The van der Waals surface area contributed by atoms with E-state index in [1.165, 1.54) is 11.8 Å². The molecule has 0 fully saturated rings. The highest BCUT2D eigenvalue weighted by atomic mass is 19.1. The summed E-state index contributed by atoms with van der Waals surface area (Å²) in [6, 6.07) is 2.75. The highest BCUT2D eigenvalue weighted by Gasteiger charge is 2.16. The first kappa shape index (κ1) is 16.0. The van der Waals surface area contributed by atoms with Crippen LogP contribution in [0.4, 0.5) is 14.5 Å². The molecule has 0 spiro atoms. The van der Waals surface area contributed by atoms with Gasteiger partial charge in [-0.2, -0.15) is 0 Å². The predicted molar refractivity (Wildman–Crippen MR) is 69.3 cm³/mol. The Morgan fingerprint density at radius 1 is 1.40 bits per heavy atom. The summed E-state index contributed by atoms with van der Waals surface area (Å²) in [6.45, 7) is 1.57. The van der Waals surface area contributed by atoms with E-state index in [-0.39, 0.29) is 18.8 Å². The monoisotopic (exact) mass is 286 g/mol. The number of hydrogen-bond acceptors (Lipinski definition) is 3. The molecule has 1 aromatic carbocycles. The fourth-order valence-electron chi connectivity index (χ4n) is 1.64. The topological polar surface area (TPSA) is 69.6 Å². The molecule has 1 unspecified atom stereocenters. The molecule has 110 valence electrons. The van der Waals surface area contributed by atoms with Gasteiger partial charge in [-0.3, -0.25) is 14.5 Å². The van der Waals surface area contributed by atoms with E-state index >= 15 is 0 Å². The molecule has 0 aliphatic heterocycles. The molecule has 1 amide bonds. The standard InChI is InChI=1S/C13H16F2N2O3/c1-8(13(19)20)6-17(2)7-12(18)16-11-5-9(14)3-4-10(11)15/h3-5,8H,6-7H2,1-2H3,(H,16,18)(H,19,20). The number of hydrogen-bond donors (Lipinski definition) is 2. The van der Waals surface area contributed by atoms with E-state index in [0.717, 1.165) is 18.2 Å². The van der Waals surface area contributed by atoms with Crippen LogP contribution in [0.5, 0.6) is 0 Å². The van der Waals surface area contributed by atoms with Gasteiger partial charge in [0.2, 0.25) is 5.91 Å². The van der Waals surface area contributed by atoms with E-state index in [2.05, 4.69) is 5.32 Å². The largest absolute Gasteiger partial charge is 0.481 e. The maximum absolute atomic E-state index is 13.3. The van der Waals surface area contributed by atoms with E-state index in [1.807, 2.05) is 0 Å². The molecule has 0 saturated carbocycles. The Hall–Kier alpha value is -2.02. The molecule has 1 atom stereocenters. The smallest absolute Gasteiger partial charge is 0.307 e. The Balaban J connectivity index is 2.55. The number of rotatable bonds is 6. The molecule has 7 heteroatoms. The molecule has 0 bridgehead atoms. The van der Waals surface area contributed by atoms with E-state index < -0.39 is 29.4 Å². The van der Waals surface area contributed by atoms with Crippen molar-refractivity contribution in [1.29, 1.82) is 0 Å². The summed E-state index contributed by atoms with van der Waals surface area (Å²) >= 11 is 0. The highest BCUT2D eigenvalue weighted by molar-refractivity contribution is 5.92. The van der Waals surface area contributed by atoms with E-state index in [9.17, 15) is 18.4 Å². The van der Waals surface area contributed by atoms with E-state index in [0.29, 0.717) is 0 Å². The van der Waals surface area contributed by atoms with Crippen molar-refractivity contribution in [3.8, 4) is 0 Å². The summed E-state index contributed by atoms with van der Waals surface area (Å²) in [5, 5.41) is 11.0. The van der Waals surface area contributed by atoms with Crippen LogP contribution in [0.25, 0.3) is 0 Å². The molecule has 0 aromatic heterocycles. The number of carboxylic acids is 1. The number of carbonyl (C=O) groups is 2. The minimum absolute atomic E-state index is 0.117. The van der Waals surface area contributed by atoms with Crippen molar-refractivity contribution in [3.05, 3.63) is 29.8 Å². The zero-order chi connectivity index (χ0) is 15.3. The van der Waals surface area contributed by atoms with Crippen LogP contribution in [-0.4, -0.2) is 42.0 Å². The van der Waals surface area contributed by atoms with Crippen LogP contribution >= 0.6 is 0 Å². The van der Waals surface area contributed by atoms with Gasteiger partial charge in [-0.05, 0) is 19.2 Å². The number of anilines is 1. The molecule has 2 N–H and O–H groups in total. The van der Waals surface area contributed by atoms with Gasteiger partial charge in [0, 0.05) is 12.6 Å². The predicted octanol–water partition coefficient (Wildman–Crippen LogP) is 1.56. The van der Waals surface area contributed by atoms with Crippen LogP contribution in [0.3, 0.4) is 0 Å². The number of amides is 1. The quantitative estimate of drug-likeness (QED) is 0.832.